The molecule has 0 saturated carbocycles. The van der Waals surface area contributed by atoms with E-state index in [1.54, 1.807) is 12.1 Å². The molecule has 1 rings (SSSR count). The molecule has 0 radical (unpaired) electrons. The molecule has 0 heterocycles. The fourth-order valence-electron chi connectivity index (χ4n) is 2.32. The predicted molar refractivity (Wildman–Crippen MR) is 86.9 cm³/mol. The molecule has 0 fully saturated rings. The van der Waals surface area contributed by atoms with Crippen LogP contribution in [0.15, 0.2) is 24.3 Å². The molecule has 1 aromatic rings. The van der Waals surface area contributed by atoms with Crippen molar-refractivity contribution >= 4 is 11.6 Å². The molecule has 0 bridgehead atoms. The standard InChI is InChI=1S/C17H28N2O2/c1-4-6-12-17(21,13-7-5-2)16(20)19(18)15-10-8-14(3)9-11-15/h8-11,21H,4-7,12-13,18H2,1-3H3. The van der Waals surface area contributed by atoms with Crippen LogP contribution in [0.2, 0.25) is 0 Å². The normalized spacial score (nSPS) is 11.5. The first kappa shape index (κ1) is 17.7. The van der Waals surface area contributed by atoms with Gasteiger partial charge in [0.1, 0.15) is 5.60 Å². The molecule has 0 aromatic heterocycles. The molecule has 0 saturated heterocycles. The van der Waals surface area contributed by atoms with E-state index in [4.69, 9.17) is 5.84 Å². The van der Waals surface area contributed by atoms with Crippen LogP contribution in [-0.4, -0.2) is 16.6 Å². The Morgan fingerprint density at radius 1 is 1.14 bits per heavy atom. The van der Waals surface area contributed by atoms with Gasteiger partial charge in [0.15, 0.2) is 0 Å². The first-order valence-electron chi connectivity index (χ1n) is 7.83. The number of aryl methyl sites for hydroxylation is 1. The summed E-state index contributed by atoms with van der Waals surface area (Å²) >= 11 is 0. The molecule has 1 amide bonds. The van der Waals surface area contributed by atoms with Gasteiger partial charge in [-0.25, -0.2) is 10.9 Å². The first-order valence-corrected chi connectivity index (χ1v) is 7.83. The second kappa shape index (κ2) is 8.15. The van der Waals surface area contributed by atoms with E-state index in [2.05, 4.69) is 0 Å². The summed E-state index contributed by atoms with van der Waals surface area (Å²) in [5.74, 6) is 5.53. The molecular weight excluding hydrogens is 264 g/mol. The number of benzene rings is 1. The van der Waals surface area contributed by atoms with E-state index in [9.17, 15) is 9.90 Å². The van der Waals surface area contributed by atoms with E-state index in [-0.39, 0.29) is 0 Å². The van der Waals surface area contributed by atoms with Crippen molar-refractivity contribution in [2.45, 2.75) is 64.9 Å². The third kappa shape index (κ3) is 4.83. The van der Waals surface area contributed by atoms with Gasteiger partial charge in [-0.05, 0) is 31.9 Å². The van der Waals surface area contributed by atoms with Gasteiger partial charge < -0.3 is 5.11 Å². The van der Waals surface area contributed by atoms with Crippen LogP contribution in [0, 0.1) is 6.92 Å². The molecular formula is C17H28N2O2. The predicted octanol–water partition coefficient (Wildman–Crippen LogP) is 3.31. The van der Waals surface area contributed by atoms with Crippen molar-refractivity contribution in [2.24, 2.45) is 5.84 Å². The summed E-state index contributed by atoms with van der Waals surface area (Å²) in [6.45, 7) is 6.07. The van der Waals surface area contributed by atoms with Gasteiger partial charge in [-0.2, -0.15) is 0 Å². The zero-order valence-electron chi connectivity index (χ0n) is 13.4. The number of rotatable bonds is 8. The van der Waals surface area contributed by atoms with Gasteiger partial charge in [-0.1, -0.05) is 57.2 Å². The highest BCUT2D eigenvalue weighted by atomic mass is 16.3. The molecule has 1 aromatic carbocycles. The van der Waals surface area contributed by atoms with Crippen molar-refractivity contribution in [2.75, 3.05) is 5.01 Å². The lowest BCUT2D eigenvalue weighted by Gasteiger charge is -2.31. The van der Waals surface area contributed by atoms with Crippen molar-refractivity contribution in [3.63, 3.8) is 0 Å². The van der Waals surface area contributed by atoms with Crippen LogP contribution in [0.1, 0.15) is 57.9 Å². The van der Waals surface area contributed by atoms with E-state index in [0.29, 0.717) is 18.5 Å². The summed E-state index contributed by atoms with van der Waals surface area (Å²) in [5, 5.41) is 11.8. The van der Waals surface area contributed by atoms with Crippen molar-refractivity contribution in [3.8, 4) is 0 Å². The Kier molecular flexibility index (Phi) is 6.85. The van der Waals surface area contributed by atoms with Crippen LogP contribution < -0.4 is 10.9 Å². The maximum atomic E-state index is 12.6. The maximum absolute atomic E-state index is 12.6. The summed E-state index contributed by atoms with van der Waals surface area (Å²) in [7, 11) is 0. The number of amides is 1. The molecule has 4 nitrogen and oxygen atoms in total. The van der Waals surface area contributed by atoms with Gasteiger partial charge in [-0.3, -0.25) is 4.79 Å². The number of carbonyl (C=O) groups excluding carboxylic acids is 1. The smallest absolute Gasteiger partial charge is 0.273 e. The van der Waals surface area contributed by atoms with Crippen molar-refractivity contribution in [3.05, 3.63) is 29.8 Å². The number of anilines is 1. The summed E-state index contributed by atoms with van der Waals surface area (Å²) in [5.41, 5.74) is 0.356. The highest BCUT2D eigenvalue weighted by Crippen LogP contribution is 2.25. The minimum atomic E-state index is -1.36. The Labute approximate surface area is 127 Å². The van der Waals surface area contributed by atoms with Crippen LogP contribution in [-0.2, 0) is 4.79 Å². The lowest BCUT2D eigenvalue weighted by atomic mass is 9.89. The minimum absolute atomic E-state index is 0.409. The lowest BCUT2D eigenvalue weighted by molar-refractivity contribution is -0.138. The van der Waals surface area contributed by atoms with Crippen LogP contribution in [0.4, 0.5) is 5.69 Å². The lowest BCUT2D eigenvalue weighted by Crippen LogP contribution is -2.52. The largest absolute Gasteiger partial charge is 0.380 e. The van der Waals surface area contributed by atoms with E-state index >= 15 is 0 Å². The molecule has 4 heteroatoms. The third-order valence-electron chi connectivity index (χ3n) is 3.82. The highest BCUT2D eigenvalue weighted by molar-refractivity contribution is 5.98. The van der Waals surface area contributed by atoms with Gasteiger partial charge in [-0.15, -0.1) is 0 Å². The zero-order valence-corrected chi connectivity index (χ0v) is 13.4. The van der Waals surface area contributed by atoms with E-state index in [1.807, 2.05) is 32.9 Å². The number of hydrazine groups is 1. The number of hydrogen-bond acceptors (Lipinski definition) is 3. The van der Waals surface area contributed by atoms with Crippen LogP contribution in [0.5, 0.6) is 0 Å². The molecule has 0 aliphatic heterocycles. The molecule has 0 unspecified atom stereocenters. The van der Waals surface area contributed by atoms with Gasteiger partial charge in [0.2, 0.25) is 0 Å². The SMILES string of the molecule is CCCCC(O)(CCCC)C(=O)N(N)c1ccc(C)cc1. The third-order valence-corrected chi connectivity index (χ3v) is 3.82. The molecule has 0 atom stereocenters. The number of aliphatic hydroxyl groups is 1. The average Bonchev–Trinajstić information content (AvgIpc) is 2.50. The Balaban J connectivity index is 2.89. The topological polar surface area (TPSA) is 66.6 Å². The van der Waals surface area contributed by atoms with Crippen LogP contribution >= 0.6 is 0 Å². The summed E-state index contributed by atoms with van der Waals surface area (Å²) in [6.07, 6.45) is 4.43. The number of nitrogens with two attached hydrogens (primary N) is 1. The van der Waals surface area contributed by atoms with Gasteiger partial charge >= 0.3 is 0 Å². The van der Waals surface area contributed by atoms with Crippen molar-refractivity contribution in [1.82, 2.24) is 0 Å². The summed E-state index contributed by atoms with van der Waals surface area (Å²) < 4.78 is 0. The average molecular weight is 292 g/mol. The quantitative estimate of drug-likeness (QED) is 0.439. The number of carbonyl (C=O) groups is 1. The second-order valence-corrected chi connectivity index (χ2v) is 5.75. The fourth-order valence-corrected chi connectivity index (χ4v) is 2.32. The number of unbranched alkanes of at least 4 members (excludes halogenated alkanes) is 2. The molecule has 0 aliphatic rings. The fraction of sp³-hybridized carbons (Fsp3) is 0.588. The van der Waals surface area contributed by atoms with E-state index < -0.39 is 11.5 Å². The Morgan fingerprint density at radius 3 is 2.05 bits per heavy atom. The van der Waals surface area contributed by atoms with Crippen molar-refractivity contribution < 1.29 is 9.90 Å². The second-order valence-electron chi connectivity index (χ2n) is 5.75. The van der Waals surface area contributed by atoms with E-state index in [1.165, 1.54) is 0 Å². The minimum Gasteiger partial charge on any atom is -0.380 e. The van der Waals surface area contributed by atoms with Gasteiger partial charge in [0, 0.05) is 0 Å². The monoisotopic (exact) mass is 292 g/mol. The van der Waals surface area contributed by atoms with Gasteiger partial charge in [0.05, 0.1) is 5.69 Å². The molecule has 21 heavy (non-hydrogen) atoms. The Morgan fingerprint density at radius 2 is 1.62 bits per heavy atom. The number of hydrogen-bond donors (Lipinski definition) is 2. The van der Waals surface area contributed by atoms with Gasteiger partial charge in [0.25, 0.3) is 5.91 Å². The molecule has 0 aliphatic carbocycles. The zero-order chi connectivity index (χ0) is 15.9. The first-order chi connectivity index (χ1) is 9.94. The molecule has 3 N–H and O–H groups in total. The highest BCUT2D eigenvalue weighted by Gasteiger charge is 2.37. The Hall–Kier alpha value is -1.39. The molecule has 0 spiro atoms. The Bertz CT molecular complexity index is 435. The van der Waals surface area contributed by atoms with Crippen LogP contribution in [0.25, 0.3) is 0 Å². The molecule has 118 valence electrons. The summed E-state index contributed by atoms with van der Waals surface area (Å²) in [4.78, 5) is 12.6. The maximum Gasteiger partial charge on any atom is 0.273 e. The number of nitrogens with zero attached hydrogens (tertiary/aromatic N) is 1. The van der Waals surface area contributed by atoms with E-state index in [0.717, 1.165) is 36.3 Å². The van der Waals surface area contributed by atoms with Crippen molar-refractivity contribution in [1.29, 1.82) is 0 Å². The summed E-state index contributed by atoms with van der Waals surface area (Å²) in [6, 6.07) is 7.40. The van der Waals surface area contributed by atoms with Crippen LogP contribution in [0.3, 0.4) is 0 Å².